The van der Waals surface area contributed by atoms with Crippen molar-refractivity contribution in [2.24, 2.45) is 0 Å². The van der Waals surface area contributed by atoms with Crippen LogP contribution in [-0.4, -0.2) is 31.9 Å². The molecule has 0 aromatic heterocycles. The number of unbranched alkanes of at least 4 members (excludes halogenated alkanes) is 3. The Kier molecular flexibility index (Phi) is 7.49. The van der Waals surface area contributed by atoms with Crippen LogP contribution in [0.5, 0.6) is 0 Å². The lowest BCUT2D eigenvalue weighted by Crippen LogP contribution is -2.43. The van der Waals surface area contributed by atoms with Crippen molar-refractivity contribution in [3.63, 3.8) is 0 Å². The lowest BCUT2D eigenvalue weighted by molar-refractivity contribution is 0.0268. The summed E-state index contributed by atoms with van der Waals surface area (Å²) in [4.78, 5) is 18.2. The first-order valence-electron chi connectivity index (χ1n) is 4.85. The topological polar surface area (TPSA) is 58.9 Å². The first-order chi connectivity index (χ1) is 6.12. The van der Waals surface area contributed by atoms with Gasteiger partial charge in [0.1, 0.15) is 0 Å². The van der Waals surface area contributed by atoms with Crippen LogP contribution < -0.4 is 0 Å². The van der Waals surface area contributed by atoms with Gasteiger partial charge in [-0.2, -0.15) is 0 Å². The second-order valence-electron chi connectivity index (χ2n) is 2.89. The predicted octanol–water partition coefficient (Wildman–Crippen LogP) is 1.04. The molecule has 0 spiro atoms. The Morgan fingerprint density at radius 3 is 2.23 bits per heavy atom. The summed E-state index contributed by atoms with van der Waals surface area (Å²) in [6.45, 7) is 4.47. The summed E-state index contributed by atoms with van der Waals surface area (Å²) in [5.74, 6) is 0. The van der Waals surface area contributed by atoms with Crippen LogP contribution in [0.15, 0.2) is 0 Å². The van der Waals surface area contributed by atoms with E-state index in [9.17, 15) is 0 Å². The van der Waals surface area contributed by atoms with Crippen LogP contribution in [0.3, 0.4) is 0 Å². The van der Waals surface area contributed by atoms with Gasteiger partial charge in [-0.3, -0.25) is 0 Å². The first-order valence-corrected chi connectivity index (χ1v) is 6.56. The zero-order valence-corrected chi connectivity index (χ0v) is 9.45. The number of hydrogen-bond donors (Lipinski definition) is 2. The highest BCUT2D eigenvalue weighted by Gasteiger charge is 2.35. The van der Waals surface area contributed by atoms with Crippen molar-refractivity contribution in [2.75, 3.05) is 13.2 Å². The molecule has 13 heavy (non-hydrogen) atoms. The van der Waals surface area contributed by atoms with Crippen molar-refractivity contribution >= 4 is 9.05 Å². The van der Waals surface area contributed by atoms with Crippen LogP contribution in [0.25, 0.3) is 0 Å². The van der Waals surface area contributed by atoms with Crippen molar-refractivity contribution in [2.45, 2.75) is 39.5 Å². The van der Waals surface area contributed by atoms with E-state index in [1.54, 1.807) is 6.92 Å². The highest BCUT2D eigenvalue weighted by molar-refractivity contribution is 6.50. The normalized spacial score (nSPS) is 12.0. The Labute approximate surface area is 81.0 Å². The summed E-state index contributed by atoms with van der Waals surface area (Å²) in [5, 5.41) is 0. The van der Waals surface area contributed by atoms with Gasteiger partial charge < -0.3 is 18.4 Å². The monoisotopic (exact) mass is 208 g/mol. The van der Waals surface area contributed by atoms with E-state index in [1.165, 1.54) is 0 Å². The lowest BCUT2D eigenvalue weighted by atomic mass is 10.2. The smallest absolute Gasteiger partial charge is 0.367 e. The van der Waals surface area contributed by atoms with E-state index in [2.05, 4.69) is 11.3 Å². The molecule has 0 atom stereocenters. The molecule has 0 amide bonds. The van der Waals surface area contributed by atoms with Crippen LogP contribution in [-0.2, 0) is 8.85 Å². The molecule has 0 heterocycles. The molecule has 0 saturated heterocycles. The standard InChI is InChI=1S/C8H20O4Si/c1-3-5-6-7-8-12-13(9,10)11-4-2/h9-10H,3-8H2,1-2H3. The van der Waals surface area contributed by atoms with Gasteiger partial charge in [-0.05, 0) is 13.3 Å². The van der Waals surface area contributed by atoms with E-state index in [1.807, 2.05) is 0 Å². The van der Waals surface area contributed by atoms with E-state index in [0.29, 0.717) is 6.61 Å². The third-order valence-electron chi connectivity index (χ3n) is 1.62. The summed E-state index contributed by atoms with van der Waals surface area (Å²) < 4.78 is 9.51. The predicted molar refractivity (Wildman–Crippen MR) is 51.9 cm³/mol. The quantitative estimate of drug-likeness (QED) is 0.462. The van der Waals surface area contributed by atoms with Gasteiger partial charge in [-0.1, -0.05) is 26.2 Å². The summed E-state index contributed by atoms with van der Waals surface area (Å²) in [6.07, 6.45) is 4.24. The molecular weight excluding hydrogens is 188 g/mol. The fraction of sp³-hybridized carbons (Fsp3) is 1.00. The Morgan fingerprint density at radius 2 is 1.69 bits per heavy atom. The maximum atomic E-state index is 9.12. The molecule has 0 aliphatic carbocycles. The van der Waals surface area contributed by atoms with E-state index < -0.39 is 9.05 Å². The molecule has 80 valence electrons. The van der Waals surface area contributed by atoms with Crippen molar-refractivity contribution in [1.82, 2.24) is 0 Å². The molecule has 0 radical (unpaired) electrons. The maximum absolute atomic E-state index is 9.12. The average Bonchev–Trinajstić information content (AvgIpc) is 2.04. The molecule has 0 bridgehead atoms. The second-order valence-corrected chi connectivity index (χ2v) is 4.56. The SMILES string of the molecule is CCCCCCO[Si](O)(O)OCC. The molecule has 0 saturated carbocycles. The summed E-state index contributed by atoms with van der Waals surface area (Å²) in [5.41, 5.74) is 0. The minimum atomic E-state index is -3.76. The van der Waals surface area contributed by atoms with Gasteiger partial charge in [0.25, 0.3) is 0 Å². The molecule has 0 unspecified atom stereocenters. The van der Waals surface area contributed by atoms with Gasteiger partial charge >= 0.3 is 9.05 Å². The minimum Gasteiger partial charge on any atom is -0.367 e. The van der Waals surface area contributed by atoms with E-state index in [-0.39, 0.29) is 6.61 Å². The van der Waals surface area contributed by atoms with E-state index in [0.717, 1.165) is 25.7 Å². The average molecular weight is 208 g/mol. The van der Waals surface area contributed by atoms with Gasteiger partial charge in [0.05, 0.1) is 0 Å². The third-order valence-corrected chi connectivity index (χ3v) is 2.87. The van der Waals surface area contributed by atoms with Gasteiger partial charge in [0.15, 0.2) is 0 Å². The van der Waals surface area contributed by atoms with Crippen molar-refractivity contribution in [1.29, 1.82) is 0 Å². The van der Waals surface area contributed by atoms with Crippen molar-refractivity contribution in [3.05, 3.63) is 0 Å². The van der Waals surface area contributed by atoms with Crippen LogP contribution in [0.4, 0.5) is 0 Å². The number of hydrogen-bond acceptors (Lipinski definition) is 4. The van der Waals surface area contributed by atoms with Crippen molar-refractivity contribution in [3.8, 4) is 0 Å². The molecule has 5 heteroatoms. The summed E-state index contributed by atoms with van der Waals surface area (Å²) in [7, 11) is -3.76. The summed E-state index contributed by atoms with van der Waals surface area (Å²) >= 11 is 0. The lowest BCUT2D eigenvalue weighted by Gasteiger charge is -2.15. The number of rotatable bonds is 8. The molecule has 4 nitrogen and oxygen atoms in total. The Bertz CT molecular complexity index is 119. The van der Waals surface area contributed by atoms with Gasteiger partial charge in [0, 0.05) is 13.2 Å². The third kappa shape index (κ3) is 8.39. The van der Waals surface area contributed by atoms with E-state index >= 15 is 0 Å². The molecule has 0 aromatic rings. The molecular formula is C8H20O4Si. The molecule has 0 aliphatic rings. The Balaban J connectivity index is 3.29. The highest BCUT2D eigenvalue weighted by Crippen LogP contribution is 2.03. The fourth-order valence-electron chi connectivity index (χ4n) is 0.964. The molecule has 0 fully saturated rings. The fourth-order valence-corrected chi connectivity index (χ4v) is 1.83. The van der Waals surface area contributed by atoms with Gasteiger partial charge in [0.2, 0.25) is 0 Å². The zero-order valence-electron chi connectivity index (χ0n) is 8.45. The van der Waals surface area contributed by atoms with Crippen LogP contribution in [0.2, 0.25) is 0 Å². The van der Waals surface area contributed by atoms with Crippen LogP contribution in [0, 0.1) is 0 Å². The second kappa shape index (κ2) is 7.46. The molecule has 0 aliphatic heterocycles. The van der Waals surface area contributed by atoms with Gasteiger partial charge in [-0.15, -0.1) is 0 Å². The molecule has 0 aromatic carbocycles. The Hall–Kier alpha value is 0.0569. The minimum absolute atomic E-state index is 0.272. The first kappa shape index (κ1) is 13.1. The highest BCUT2D eigenvalue weighted by atomic mass is 28.4. The van der Waals surface area contributed by atoms with Crippen LogP contribution >= 0.6 is 0 Å². The Morgan fingerprint density at radius 1 is 1.00 bits per heavy atom. The largest absolute Gasteiger partial charge is 0.674 e. The van der Waals surface area contributed by atoms with Gasteiger partial charge in [-0.25, -0.2) is 0 Å². The zero-order chi connectivity index (χ0) is 10.2. The van der Waals surface area contributed by atoms with Crippen molar-refractivity contribution < 1.29 is 18.4 Å². The maximum Gasteiger partial charge on any atom is 0.674 e. The summed E-state index contributed by atoms with van der Waals surface area (Å²) in [6, 6.07) is 0. The van der Waals surface area contributed by atoms with E-state index in [4.69, 9.17) is 14.0 Å². The molecule has 2 N–H and O–H groups in total. The molecule has 0 rings (SSSR count). The van der Waals surface area contributed by atoms with Crippen LogP contribution in [0.1, 0.15) is 39.5 Å².